The number of nitrogens with zero attached hydrogens (tertiary/aromatic N) is 4. The van der Waals surface area contributed by atoms with Crippen LogP contribution in [0.4, 0.5) is 0 Å². The third-order valence-corrected chi connectivity index (χ3v) is 5.76. The summed E-state index contributed by atoms with van der Waals surface area (Å²) < 4.78 is 7.25. The Balaban J connectivity index is 1.57. The van der Waals surface area contributed by atoms with Gasteiger partial charge in [0, 0.05) is 11.3 Å². The molecule has 5 nitrogen and oxygen atoms in total. The minimum Gasteiger partial charge on any atom is -0.494 e. The van der Waals surface area contributed by atoms with E-state index >= 15 is 0 Å². The smallest absolute Gasteiger partial charge is 0.185 e. The van der Waals surface area contributed by atoms with Gasteiger partial charge in [0.25, 0.3) is 0 Å². The van der Waals surface area contributed by atoms with Gasteiger partial charge < -0.3 is 4.74 Å². The first-order valence-corrected chi connectivity index (χ1v) is 10.4. The molecular weight excluding hydrogens is 415 g/mol. The predicted octanol–water partition coefficient (Wildman–Crippen LogP) is 5.79. The molecule has 0 saturated carbocycles. The van der Waals surface area contributed by atoms with Crippen molar-refractivity contribution in [2.24, 2.45) is 0 Å². The Bertz CT molecular complexity index is 1120. The van der Waals surface area contributed by atoms with Crippen molar-refractivity contribution in [2.75, 3.05) is 6.61 Å². The van der Waals surface area contributed by atoms with Gasteiger partial charge in [-0.3, -0.25) is 0 Å². The van der Waals surface area contributed by atoms with E-state index in [1.807, 2.05) is 55.5 Å². The Labute approximate surface area is 176 Å². The average molecular weight is 431 g/mol. The summed E-state index contributed by atoms with van der Waals surface area (Å²) in [5.41, 5.74) is 2.70. The molecular formula is C20H16Cl2N4OS. The van der Waals surface area contributed by atoms with Crippen molar-refractivity contribution in [3.05, 3.63) is 70.2 Å². The molecule has 28 heavy (non-hydrogen) atoms. The summed E-state index contributed by atoms with van der Waals surface area (Å²) in [5.74, 6) is 2.25. The van der Waals surface area contributed by atoms with Crippen LogP contribution in [0.2, 0.25) is 10.0 Å². The number of ether oxygens (including phenoxy) is 1. The number of halogens is 2. The minimum atomic E-state index is 0.555. The Kier molecular flexibility index (Phi) is 5.71. The molecule has 0 aliphatic rings. The number of rotatable bonds is 6. The summed E-state index contributed by atoms with van der Waals surface area (Å²) in [6.07, 6.45) is 0. The second-order valence-electron chi connectivity index (χ2n) is 5.96. The van der Waals surface area contributed by atoms with Gasteiger partial charge in [-0.25, -0.2) is 0 Å². The molecule has 0 N–H and O–H groups in total. The lowest BCUT2D eigenvalue weighted by atomic mass is 10.2. The number of hydrogen-bond donors (Lipinski definition) is 0. The van der Waals surface area contributed by atoms with E-state index in [9.17, 15) is 0 Å². The number of hydrogen-bond acceptors (Lipinski definition) is 5. The molecule has 0 unspecified atom stereocenters. The van der Waals surface area contributed by atoms with Crippen LogP contribution in [0.1, 0.15) is 12.5 Å². The first-order chi connectivity index (χ1) is 13.6. The highest BCUT2D eigenvalue weighted by atomic mass is 35.5. The molecule has 0 spiro atoms. The van der Waals surface area contributed by atoms with E-state index in [-0.39, 0.29) is 0 Å². The maximum absolute atomic E-state index is 6.09. The quantitative estimate of drug-likeness (QED) is 0.362. The molecule has 4 aromatic rings. The lowest BCUT2D eigenvalue weighted by Crippen LogP contribution is -1.97. The molecule has 0 amide bonds. The predicted molar refractivity (Wildman–Crippen MR) is 113 cm³/mol. The van der Waals surface area contributed by atoms with E-state index < -0.39 is 0 Å². The molecule has 4 rings (SSSR count). The topological polar surface area (TPSA) is 52.3 Å². The number of thioether (sulfide) groups is 1. The third kappa shape index (κ3) is 4.09. The van der Waals surface area contributed by atoms with Crippen molar-refractivity contribution < 1.29 is 4.74 Å². The summed E-state index contributed by atoms with van der Waals surface area (Å²) in [7, 11) is 0. The molecule has 0 bridgehead atoms. The second-order valence-corrected chi connectivity index (χ2v) is 7.77. The normalized spacial score (nSPS) is 11.1. The van der Waals surface area contributed by atoms with Crippen LogP contribution >= 0.6 is 35.0 Å². The summed E-state index contributed by atoms with van der Waals surface area (Å²) in [6.45, 7) is 2.59. The van der Waals surface area contributed by atoms with Gasteiger partial charge in [-0.15, -0.1) is 10.2 Å². The number of aromatic nitrogens is 4. The van der Waals surface area contributed by atoms with Gasteiger partial charge in [-0.2, -0.15) is 9.61 Å². The van der Waals surface area contributed by atoms with Gasteiger partial charge in [0.2, 0.25) is 0 Å². The molecule has 0 aliphatic carbocycles. The Morgan fingerprint density at radius 2 is 1.79 bits per heavy atom. The van der Waals surface area contributed by atoms with Gasteiger partial charge in [0.05, 0.1) is 16.7 Å². The van der Waals surface area contributed by atoms with E-state index in [2.05, 4.69) is 15.3 Å². The van der Waals surface area contributed by atoms with Crippen LogP contribution < -0.4 is 4.74 Å². The van der Waals surface area contributed by atoms with Gasteiger partial charge in [0.1, 0.15) is 10.8 Å². The fourth-order valence-corrected chi connectivity index (χ4v) is 3.80. The molecule has 2 heterocycles. The zero-order valence-corrected chi connectivity index (χ0v) is 17.3. The summed E-state index contributed by atoms with van der Waals surface area (Å²) in [6, 6.07) is 17.2. The van der Waals surface area contributed by atoms with Crippen molar-refractivity contribution in [2.45, 2.75) is 17.7 Å². The lowest BCUT2D eigenvalue weighted by molar-refractivity contribution is 0.340. The van der Waals surface area contributed by atoms with Crippen LogP contribution in [0.25, 0.3) is 17.0 Å². The van der Waals surface area contributed by atoms with Gasteiger partial charge >= 0.3 is 0 Å². The molecule has 2 aromatic carbocycles. The standard InChI is InChI=1S/C20H16Cl2N4OS/c1-2-27-15-6-4-14(5-7-15)20-24-23-18-9-10-19(25-26(18)20)28-12-13-3-8-16(21)17(22)11-13/h3-11H,2,12H2,1H3. The third-order valence-electron chi connectivity index (χ3n) is 4.03. The average Bonchev–Trinajstić information content (AvgIpc) is 3.13. The van der Waals surface area contributed by atoms with Gasteiger partial charge in [-0.05, 0) is 61.0 Å². The Morgan fingerprint density at radius 3 is 2.54 bits per heavy atom. The fraction of sp³-hybridized carbons (Fsp3) is 0.150. The van der Waals surface area contributed by atoms with Crippen molar-refractivity contribution in [1.82, 2.24) is 19.8 Å². The van der Waals surface area contributed by atoms with Crippen LogP contribution in [0.3, 0.4) is 0 Å². The number of fused-ring (bicyclic) bond motifs is 1. The Morgan fingerprint density at radius 1 is 0.964 bits per heavy atom. The highest BCUT2D eigenvalue weighted by molar-refractivity contribution is 7.98. The maximum Gasteiger partial charge on any atom is 0.185 e. The monoisotopic (exact) mass is 430 g/mol. The largest absolute Gasteiger partial charge is 0.494 e. The maximum atomic E-state index is 6.09. The highest BCUT2D eigenvalue weighted by Crippen LogP contribution is 2.28. The molecule has 0 saturated heterocycles. The van der Waals surface area contributed by atoms with Gasteiger partial charge in [0.15, 0.2) is 11.5 Å². The molecule has 8 heteroatoms. The molecule has 0 aliphatic heterocycles. The van der Waals surface area contributed by atoms with Crippen molar-refractivity contribution in [1.29, 1.82) is 0 Å². The molecule has 142 valence electrons. The fourth-order valence-electron chi connectivity index (χ4n) is 2.68. The summed E-state index contributed by atoms with van der Waals surface area (Å²) >= 11 is 13.7. The van der Waals surface area contributed by atoms with E-state index in [4.69, 9.17) is 27.9 Å². The highest BCUT2D eigenvalue weighted by Gasteiger charge is 2.11. The van der Waals surface area contributed by atoms with E-state index in [1.165, 1.54) is 0 Å². The molecule has 0 fully saturated rings. The van der Waals surface area contributed by atoms with Crippen molar-refractivity contribution in [3.8, 4) is 17.1 Å². The van der Waals surface area contributed by atoms with Crippen molar-refractivity contribution >= 4 is 40.6 Å². The molecule has 0 atom stereocenters. The van der Waals surface area contributed by atoms with Gasteiger partial charge in [-0.1, -0.05) is 41.0 Å². The minimum absolute atomic E-state index is 0.555. The van der Waals surface area contributed by atoms with Crippen LogP contribution in [0.15, 0.2) is 59.6 Å². The van der Waals surface area contributed by atoms with E-state index in [0.717, 1.165) is 27.7 Å². The van der Waals surface area contributed by atoms with Crippen LogP contribution in [0.5, 0.6) is 5.75 Å². The molecule has 0 radical (unpaired) electrons. The van der Waals surface area contributed by atoms with E-state index in [1.54, 1.807) is 22.3 Å². The number of benzene rings is 2. The van der Waals surface area contributed by atoms with Crippen LogP contribution in [-0.4, -0.2) is 26.4 Å². The molecule has 2 aromatic heterocycles. The van der Waals surface area contributed by atoms with E-state index in [0.29, 0.717) is 28.1 Å². The Hall–Kier alpha value is -2.28. The van der Waals surface area contributed by atoms with Crippen molar-refractivity contribution in [3.63, 3.8) is 0 Å². The first-order valence-electron chi connectivity index (χ1n) is 8.66. The van der Waals surface area contributed by atoms with Crippen LogP contribution in [-0.2, 0) is 5.75 Å². The SMILES string of the molecule is CCOc1ccc(-c2nnc3ccc(SCc4ccc(Cl)c(Cl)c4)nn23)cc1. The second kappa shape index (κ2) is 8.39. The first kappa shape index (κ1) is 19.1. The lowest BCUT2D eigenvalue weighted by Gasteiger charge is -2.05. The zero-order valence-electron chi connectivity index (χ0n) is 15.0. The zero-order chi connectivity index (χ0) is 19.5. The van der Waals surface area contributed by atoms with Crippen LogP contribution in [0, 0.1) is 0 Å². The summed E-state index contributed by atoms with van der Waals surface area (Å²) in [5, 5.41) is 15.2. The summed E-state index contributed by atoms with van der Waals surface area (Å²) in [4.78, 5) is 0.